The molecule has 1 rings (SSSR count). The van der Waals surface area contributed by atoms with Crippen molar-refractivity contribution in [3.05, 3.63) is 19.9 Å². The maximum Gasteiger partial charge on any atom is 0.252 e. The molecule has 0 unspecified atom stereocenters. The highest BCUT2D eigenvalue weighted by atomic mass is 127. The van der Waals surface area contributed by atoms with Crippen LogP contribution in [0.15, 0.2) is 11.4 Å². The van der Waals surface area contributed by atoms with Crippen molar-refractivity contribution < 1.29 is 9.59 Å². The van der Waals surface area contributed by atoms with Gasteiger partial charge in [-0.25, -0.2) is 0 Å². The Balaban J connectivity index is 2.47. The van der Waals surface area contributed by atoms with Crippen LogP contribution in [0.1, 0.15) is 10.4 Å². The third kappa shape index (κ3) is 3.26. The first-order valence-electron chi connectivity index (χ1n) is 3.86. The van der Waals surface area contributed by atoms with Gasteiger partial charge >= 0.3 is 0 Å². The second kappa shape index (κ2) is 5.30. The quantitative estimate of drug-likeness (QED) is 0.809. The lowest BCUT2D eigenvalue weighted by atomic mass is 10.3. The van der Waals surface area contributed by atoms with E-state index in [1.165, 1.54) is 18.4 Å². The van der Waals surface area contributed by atoms with Gasteiger partial charge in [0.05, 0.1) is 15.0 Å². The maximum absolute atomic E-state index is 11.4. The summed E-state index contributed by atoms with van der Waals surface area (Å²) < 4.78 is 1.05. The van der Waals surface area contributed by atoms with Gasteiger partial charge in [0.15, 0.2) is 0 Å². The molecule has 0 radical (unpaired) electrons. The zero-order valence-corrected chi connectivity index (χ0v) is 10.4. The number of halogens is 1. The number of hydrogen-bond acceptors (Lipinski definition) is 3. The van der Waals surface area contributed by atoms with Gasteiger partial charge in [0.2, 0.25) is 5.91 Å². The molecular formula is C8H9IN2O2S. The van der Waals surface area contributed by atoms with Crippen LogP contribution in [0.4, 0.5) is 0 Å². The predicted octanol–water partition coefficient (Wildman–Crippen LogP) is 0.828. The monoisotopic (exact) mass is 324 g/mol. The Labute approximate surface area is 99.2 Å². The van der Waals surface area contributed by atoms with Crippen LogP contribution in [0.25, 0.3) is 0 Å². The minimum atomic E-state index is -0.215. The van der Waals surface area contributed by atoms with E-state index in [0.29, 0.717) is 5.56 Å². The van der Waals surface area contributed by atoms with Crippen LogP contribution in [0.2, 0.25) is 0 Å². The molecular weight excluding hydrogens is 315 g/mol. The van der Waals surface area contributed by atoms with Crippen molar-refractivity contribution in [1.82, 2.24) is 10.6 Å². The molecule has 2 amide bonds. The van der Waals surface area contributed by atoms with Gasteiger partial charge in [-0.3, -0.25) is 9.59 Å². The maximum atomic E-state index is 11.4. The molecule has 0 aliphatic rings. The normalized spacial score (nSPS) is 9.57. The van der Waals surface area contributed by atoms with Crippen molar-refractivity contribution in [1.29, 1.82) is 0 Å². The Morgan fingerprint density at radius 2 is 2.29 bits per heavy atom. The average Bonchev–Trinajstić information content (AvgIpc) is 2.60. The lowest BCUT2D eigenvalue weighted by Gasteiger charge is -2.01. The van der Waals surface area contributed by atoms with E-state index < -0.39 is 0 Å². The second-order valence-corrected chi connectivity index (χ2v) is 5.30. The Hall–Kier alpha value is -0.630. The van der Waals surface area contributed by atoms with Crippen molar-refractivity contribution in [3.8, 4) is 0 Å². The summed E-state index contributed by atoms with van der Waals surface area (Å²) in [6.07, 6.45) is 0. The van der Waals surface area contributed by atoms with Gasteiger partial charge < -0.3 is 10.6 Å². The van der Waals surface area contributed by atoms with Crippen molar-refractivity contribution in [2.24, 2.45) is 0 Å². The topological polar surface area (TPSA) is 58.2 Å². The van der Waals surface area contributed by atoms with Crippen LogP contribution in [0.3, 0.4) is 0 Å². The largest absolute Gasteiger partial charge is 0.358 e. The standard InChI is InChI=1S/C8H9IN2O2S/c1-10-7(12)3-11-8(13)5-2-6(9)14-4-5/h2,4H,3H2,1H3,(H,10,12)(H,11,13). The van der Waals surface area contributed by atoms with E-state index in [2.05, 4.69) is 33.2 Å². The fourth-order valence-electron chi connectivity index (χ4n) is 0.780. The van der Waals surface area contributed by atoms with E-state index in [-0.39, 0.29) is 18.4 Å². The molecule has 14 heavy (non-hydrogen) atoms. The van der Waals surface area contributed by atoms with Gasteiger partial charge in [0.1, 0.15) is 0 Å². The third-order valence-electron chi connectivity index (χ3n) is 1.52. The fourth-order valence-corrected chi connectivity index (χ4v) is 2.11. The van der Waals surface area contributed by atoms with Gasteiger partial charge in [-0.15, -0.1) is 11.3 Å². The summed E-state index contributed by atoms with van der Waals surface area (Å²) in [5, 5.41) is 6.70. The Bertz CT molecular complexity index is 351. The van der Waals surface area contributed by atoms with E-state index >= 15 is 0 Å². The van der Waals surface area contributed by atoms with Crippen LogP contribution >= 0.6 is 33.9 Å². The van der Waals surface area contributed by atoms with Gasteiger partial charge in [-0.2, -0.15) is 0 Å². The van der Waals surface area contributed by atoms with Crippen molar-refractivity contribution in [3.63, 3.8) is 0 Å². The molecule has 76 valence electrons. The zero-order valence-electron chi connectivity index (χ0n) is 7.46. The molecule has 0 spiro atoms. The Kier molecular flexibility index (Phi) is 4.33. The van der Waals surface area contributed by atoms with Crippen molar-refractivity contribution in [2.75, 3.05) is 13.6 Å². The number of carbonyl (C=O) groups is 2. The number of nitrogens with one attached hydrogen (secondary N) is 2. The first-order valence-corrected chi connectivity index (χ1v) is 5.82. The molecule has 0 atom stereocenters. The van der Waals surface area contributed by atoms with Gasteiger partial charge in [0.25, 0.3) is 5.91 Å². The highest BCUT2D eigenvalue weighted by Crippen LogP contribution is 2.16. The van der Waals surface area contributed by atoms with E-state index in [4.69, 9.17) is 0 Å². The molecule has 1 aromatic rings. The number of carbonyl (C=O) groups excluding carboxylic acids is 2. The Morgan fingerprint density at radius 3 is 2.79 bits per heavy atom. The average molecular weight is 324 g/mol. The minimum absolute atomic E-state index is 0.0156. The molecule has 1 aromatic heterocycles. The summed E-state index contributed by atoms with van der Waals surface area (Å²) in [5.74, 6) is -0.420. The highest BCUT2D eigenvalue weighted by Gasteiger charge is 2.08. The lowest BCUT2D eigenvalue weighted by molar-refractivity contribution is -0.119. The van der Waals surface area contributed by atoms with E-state index in [1.54, 1.807) is 11.4 Å². The summed E-state index contributed by atoms with van der Waals surface area (Å²) in [4.78, 5) is 22.2. The van der Waals surface area contributed by atoms with Crippen LogP contribution in [-0.4, -0.2) is 25.4 Å². The van der Waals surface area contributed by atoms with Gasteiger partial charge in [-0.1, -0.05) is 0 Å². The lowest BCUT2D eigenvalue weighted by Crippen LogP contribution is -2.34. The SMILES string of the molecule is CNC(=O)CNC(=O)c1csc(I)c1. The molecule has 0 saturated heterocycles. The molecule has 0 saturated carbocycles. The molecule has 1 heterocycles. The van der Waals surface area contributed by atoms with Gasteiger partial charge in [-0.05, 0) is 28.7 Å². The Morgan fingerprint density at radius 1 is 1.57 bits per heavy atom. The minimum Gasteiger partial charge on any atom is -0.358 e. The van der Waals surface area contributed by atoms with Crippen LogP contribution in [-0.2, 0) is 4.79 Å². The van der Waals surface area contributed by atoms with Crippen molar-refractivity contribution >= 4 is 45.7 Å². The van der Waals surface area contributed by atoms with E-state index in [1.807, 2.05) is 0 Å². The zero-order chi connectivity index (χ0) is 10.6. The summed E-state index contributed by atoms with van der Waals surface area (Å²) in [7, 11) is 1.53. The number of rotatable bonds is 3. The van der Waals surface area contributed by atoms with E-state index in [9.17, 15) is 9.59 Å². The summed E-state index contributed by atoms with van der Waals surface area (Å²) in [5.41, 5.74) is 0.600. The number of thiophene rings is 1. The number of likely N-dealkylation sites (N-methyl/N-ethyl adjacent to an activating group) is 1. The summed E-state index contributed by atoms with van der Waals surface area (Å²) in [6, 6.07) is 1.78. The number of hydrogen-bond donors (Lipinski definition) is 2. The first-order chi connectivity index (χ1) is 6.63. The molecule has 6 heteroatoms. The molecule has 0 aromatic carbocycles. The van der Waals surface area contributed by atoms with Crippen LogP contribution < -0.4 is 10.6 Å². The first kappa shape index (κ1) is 11.4. The van der Waals surface area contributed by atoms with E-state index in [0.717, 1.165) is 2.88 Å². The smallest absolute Gasteiger partial charge is 0.252 e. The number of amides is 2. The summed E-state index contributed by atoms with van der Waals surface area (Å²) >= 11 is 3.64. The second-order valence-electron chi connectivity index (χ2n) is 2.50. The molecule has 0 aliphatic carbocycles. The fraction of sp³-hybridized carbons (Fsp3) is 0.250. The predicted molar refractivity (Wildman–Crippen MR) is 63.4 cm³/mol. The molecule has 2 N–H and O–H groups in total. The molecule has 0 bridgehead atoms. The van der Waals surface area contributed by atoms with Crippen LogP contribution in [0, 0.1) is 2.88 Å². The molecule has 0 aliphatic heterocycles. The van der Waals surface area contributed by atoms with Crippen molar-refractivity contribution in [2.45, 2.75) is 0 Å². The summed E-state index contributed by atoms with van der Waals surface area (Å²) in [6.45, 7) is 0.0156. The molecule has 4 nitrogen and oxygen atoms in total. The van der Waals surface area contributed by atoms with Gasteiger partial charge in [0, 0.05) is 12.4 Å². The molecule has 0 fully saturated rings. The highest BCUT2D eigenvalue weighted by molar-refractivity contribution is 14.1. The third-order valence-corrected chi connectivity index (χ3v) is 3.31. The van der Waals surface area contributed by atoms with Crippen LogP contribution in [0.5, 0.6) is 0 Å².